The van der Waals surface area contributed by atoms with E-state index in [1.54, 1.807) is 13.0 Å². The van der Waals surface area contributed by atoms with Gasteiger partial charge in [0, 0.05) is 5.69 Å². The molecule has 0 unspecified atom stereocenters. The van der Waals surface area contributed by atoms with E-state index in [0.717, 1.165) is 17.0 Å². The van der Waals surface area contributed by atoms with Crippen molar-refractivity contribution in [2.45, 2.75) is 25.2 Å². The van der Waals surface area contributed by atoms with E-state index in [1.165, 1.54) is 23.5 Å². The summed E-state index contributed by atoms with van der Waals surface area (Å²) in [6.07, 6.45) is 0.723. The molecular formula is C11H14N4O2S2. The highest BCUT2D eigenvalue weighted by molar-refractivity contribution is 7.93. The Balaban J connectivity index is 2.29. The summed E-state index contributed by atoms with van der Waals surface area (Å²) in [5.41, 5.74) is 6.95. The maximum atomic E-state index is 12.1. The van der Waals surface area contributed by atoms with Crippen molar-refractivity contribution >= 4 is 32.2 Å². The van der Waals surface area contributed by atoms with E-state index in [0.29, 0.717) is 5.69 Å². The van der Waals surface area contributed by atoms with Gasteiger partial charge in [0.15, 0.2) is 0 Å². The molecule has 0 bridgehead atoms. The lowest BCUT2D eigenvalue weighted by Crippen LogP contribution is -2.13. The number of anilines is 2. The van der Waals surface area contributed by atoms with Crippen LogP contribution in [0.25, 0.3) is 0 Å². The van der Waals surface area contributed by atoms with Crippen LogP contribution in [0.2, 0.25) is 0 Å². The number of rotatable bonds is 4. The van der Waals surface area contributed by atoms with E-state index in [-0.39, 0.29) is 10.0 Å². The van der Waals surface area contributed by atoms with E-state index in [1.807, 2.05) is 6.92 Å². The van der Waals surface area contributed by atoms with Crippen LogP contribution in [0.5, 0.6) is 0 Å². The first-order valence-corrected chi connectivity index (χ1v) is 7.93. The van der Waals surface area contributed by atoms with Crippen molar-refractivity contribution in [1.29, 1.82) is 0 Å². The third kappa shape index (κ3) is 3.02. The Bertz CT molecular complexity index is 694. The highest BCUT2D eigenvalue weighted by Crippen LogP contribution is 2.22. The lowest BCUT2D eigenvalue weighted by atomic mass is 10.2. The minimum absolute atomic E-state index is 0.160. The standard InChI is InChI=1S/C11H14N4O2S2/c1-3-10-13-14-11(18-10)15-19(16,17)8-4-5-9(12)7(2)6-8/h4-6H,3,12H2,1-2H3,(H,14,15). The molecule has 1 aromatic heterocycles. The molecule has 3 N–H and O–H groups in total. The van der Waals surface area contributed by atoms with Gasteiger partial charge in [-0.1, -0.05) is 18.3 Å². The predicted octanol–water partition coefficient (Wildman–Crippen LogP) is 1.79. The Kier molecular flexibility index (Phi) is 3.72. The van der Waals surface area contributed by atoms with Crippen molar-refractivity contribution in [3.8, 4) is 0 Å². The van der Waals surface area contributed by atoms with Gasteiger partial charge in [0.2, 0.25) is 5.13 Å². The zero-order chi connectivity index (χ0) is 14.0. The third-order valence-corrected chi connectivity index (χ3v) is 4.99. The zero-order valence-corrected chi connectivity index (χ0v) is 12.2. The van der Waals surface area contributed by atoms with Crippen LogP contribution in [0.3, 0.4) is 0 Å². The van der Waals surface area contributed by atoms with Gasteiger partial charge >= 0.3 is 0 Å². The molecule has 19 heavy (non-hydrogen) atoms. The molecule has 1 heterocycles. The molecule has 0 radical (unpaired) electrons. The lowest BCUT2D eigenvalue weighted by Gasteiger charge is -2.06. The number of nitrogens with two attached hydrogens (primary N) is 1. The Labute approximate surface area is 115 Å². The molecule has 0 amide bonds. The fraction of sp³-hybridized carbons (Fsp3) is 0.273. The van der Waals surface area contributed by atoms with E-state index in [4.69, 9.17) is 5.73 Å². The van der Waals surface area contributed by atoms with Crippen LogP contribution in [-0.2, 0) is 16.4 Å². The first kappa shape index (κ1) is 13.8. The summed E-state index contributed by atoms with van der Waals surface area (Å²) in [4.78, 5) is 0.160. The quantitative estimate of drug-likeness (QED) is 0.839. The smallest absolute Gasteiger partial charge is 0.263 e. The van der Waals surface area contributed by atoms with E-state index < -0.39 is 10.0 Å². The van der Waals surface area contributed by atoms with Crippen LogP contribution in [0, 0.1) is 6.92 Å². The van der Waals surface area contributed by atoms with Gasteiger partial charge in [-0.05, 0) is 37.1 Å². The minimum Gasteiger partial charge on any atom is -0.399 e. The molecule has 2 rings (SSSR count). The molecule has 0 spiro atoms. The highest BCUT2D eigenvalue weighted by Gasteiger charge is 2.17. The number of nitrogens with one attached hydrogen (secondary N) is 1. The van der Waals surface area contributed by atoms with Crippen LogP contribution in [-0.4, -0.2) is 18.6 Å². The molecule has 0 aliphatic heterocycles. The second-order valence-corrected chi connectivity index (χ2v) is 6.72. The summed E-state index contributed by atoms with van der Waals surface area (Å²) in [6, 6.07) is 4.56. The van der Waals surface area contributed by atoms with Crippen LogP contribution in [0.15, 0.2) is 23.1 Å². The molecule has 6 nitrogen and oxygen atoms in total. The summed E-state index contributed by atoms with van der Waals surface area (Å²) in [5, 5.41) is 8.71. The minimum atomic E-state index is -3.65. The average molecular weight is 298 g/mol. The number of hydrogen-bond donors (Lipinski definition) is 2. The number of hydrogen-bond acceptors (Lipinski definition) is 6. The summed E-state index contributed by atoms with van der Waals surface area (Å²) in [7, 11) is -3.65. The third-order valence-electron chi connectivity index (χ3n) is 2.54. The van der Waals surface area contributed by atoms with E-state index in [9.17, 15) is 8.42 Å². The lowest BCUT2D eigenvalue weighted by molar-refractivity contribution is 0.601. The van der Waals surface area contributed by atoms with Crippen molar-refractivity contribution in [3.63, 3.8) is 0 Å². The fourth-order valence-electron chi connectivity index (χ4n) is 1.43. The van der Waals surface area contributed by atoms with Gasteiger partial charge < -0.3 is 5.73 Å². The van der Waals surface area contributed by atoms with Gasteiger partial charge in [0.05, 0.1) is 4.90 Å². The topological polar surface area (TPSA) is 98.0 Å². The summed E-state index contributed by atoms with van der Waals surface area (Å²) >= 11 is 1.22. The largest absolute Gasteiger partial charge is 0.399 e. The van der Waals surface area contributed by atoms with Crippen LogP contribution < -0.4 is 10.5 Å². The molecule has 0 saturated heterocycles. The molecule has 8 heteroatoms. The number of benzene rings is 1. The summed E-state index contributed by atoms with van der Waals surface area (Å²) < 4.78 is 26.7. The molecule has 102 valence electrons. The van der Waals surface area contributed by atoms with Gasteiger partial charge in [-0.2, -0.15) is 0 Å². The summed E-state index contributed by atoms with van der Waals surface area (Å²) in [5.74, 6) is 0. The van der Waals surface area contributed by atoms with Gasteiger partial charge in [-0.25, -0.2) is 8.42 Å². The Morgan fingerprint density at radius 1 is 1.37 bits per heavy atom. The molecule has 1 aromatic carbocycles. The van der Waals surface area contributed by atoms with Crippen molar-refractivity contribution < 1.29 is 8.42 Å². The van der Waals surface area contributed by atoms with Gasteiger partial charge in [0.25, 0.3) is 10.0 Å². The molecule has 0 aliphatic rings. The van der Waals surface area contributed by atoms with Crippen molar-refractivity contribution in [1.82, 2.24) is 10.2 Å². The molecule has 0 saturated carbocycles. The van der Waals surface area contributed by atoms with E-state index in [2.05, 4.69) is 14.9 Å². The molecular weight excluding hydrogens is 284 g/mol. The Hall–Kier alpha value is -1.67. The normalized spacial score (nSPS) is 11.5. The number of nitrogens with zero attached hydrogens (tertiary/aromatic N) is 2. The summed E-state index contributed by atoms with van der Waals surface area (Å²) in [6.45, 7) is 3.69. The first-order valence-electron chi connectivity index (χ1n) is 5.63. The number of aryl methyl sites for hydroxylation is 2. The second kappa shape index (κ2) is 5.14. The molecule has 0 atom stereocenters. The van der Waals surface area contributed by atoms with Gasteiger partial charge in [-0.3, -0.25) is 4.72 Å². The molecule has 2 aromatic rings. The molecule has 0 fully saturated rings. The SMILES string of the molecule is CCc1nnc(NS(=O)(=O)c2ccc(N)c(C)c2)s1. The van der Waals surface area contributed by atoms with Gasteiger partial charge in [0.1, 0.15) is 5.01 Å². The van der Waals surface area contributed by atoms with Crippen molar-refractivity contribution in [2.24, 2.45) is 0 Å². The monoisotopic (exact) mass is 298 g/mol. The Morgan fingerprint density at radius 2 is 2.11 bits per heavy atom. The van der Waals surface area contributed by atoms with Crippen molar-refractivity contribution in [2.75, 3.05) is 10.5 Å². The van der Waals surface area contributed by atoms with Crippen molar-refractivity contribution in [3.05, 3.63) is 28.8 Å². The number of nitrogen functional groups attached to an aromatic ring is 1. The maximum absolute atomic E-state index is 12.1. The van der Waals surface area contributed by atoms with Crippen LogP contribution >= 0.6 is 11.3 Å². The highest BCUT2D eigenvalue weighted by atomic mass is 32.2. The predicted molar refractivity (Wildman–Crippen MR) is 75.7 cm³/mol. The first-order chi connectivity index (χ1) is 8.92. The number of aromatic nitrogens is 2. The second-order valence-electron chi connectivity index (χ2n) is 3.98. The van der Waals surface area contributed by atoms with Gasteiger partial charge in [-0.15, -0.1) is 10.2 Å². The fourth-order valence-corrected chi connectivity index (χ4v) is 3.42. The van der Waals surface area contributed by atoms with Crippen LogP contribution in [0.1, 0.15) is 17.5 Å². The van der Waals surface area contributed by atoms with E-state index >= 15 is 0 Å². The average Bonchev–Trinajstić information content (AvgIpc) is 2.79. The number of sulfonamides is 1. The zero-order valence-electron chi connectivity index (χ0n) is 10.5. The maximum Gasteiger partial charge on any atom is 0.263 e. The van der Waals surface area contributed by atoms with Crippen LogP contribution in [0.4, 0.5) is 10.8 Å². The molecule has 0 aliphatic carbocycles. The Morgan fingerprint density at radius 3 is 2.68 bits per heavy atom.